The molecule has 0 saturated heterocycles. The highest BCUT2D eigenvalue weighted by Gasteiger charge is 2.15. The molecule has 0 aliphatic heterocycles. The quantitative estimate of drug-likeness (QED) is 0.356. The zero-order valence-electron chi connectivity index (χ0n) is 9.87. The SMILES string of the molecule is CCCCCC[N+](C)(C)CCC(O)O. The molecule has 0 aromatic carbocycles. The van der Waals surface area contributed by atoms with E-state index in [0.29, 0.717) is 6.42 Å². The molecule has 86 valence electrons. The van der Waals surface area contributed by atoms with Gasteiger partial charge in [0.15, 0.2) is 6.29 Å². The molecule has 3 nitrogen and oxygen atoms in total. The largest absolute Gasteiger partial charge is 0.368 e. The molecule has 14 heavy (non-hydrogen) atoms. The maximum absolute atomic E-state index is 8.77. The summed E-state index contributed by atoms with van der Waals surface area (Å²) in [6.07, 6.45) is 4.43. The maximum Gasteiger partial charge on any atom is 0.156 e. The van der Waals surface area contributed by atoms with E-state index in [1.165, 1.54) is 25.7 Å². The van der Waals surface area contributed by atoms with Gasteiger partial charge in [0, 0.05) is 6.42 Å². The van der Waals surface area contributed by atoms with Crippen molar-refractivity contribution in [2.45, 2.75) is 45.3 Å². The Bertz CT molecular complexity index is 135. The highest BCUT2D eigenvalue weighted by atomic mass is 16.5. The van der Waals surface area contributed by atoms with Crippen LogP contribution in [0.15, 0.2) is 0 Å². The van der Waals surface area contributed by atoms with E-state index < -0.39 is 6.29 Å². The minimum absolute atomic E-state index is 0.473. The van der Waals surface area contributed by atoms with Gasteiger partial charge in [0.2, 0.25) is 0 Å². The van der Waals surface area contributed by atoms with Gasteiger partial charge in [0.25, 0.3) is 0 Å². The Labute approximate surface area is 87.9 Å². The molecular weight excluding hydrogens is 178 g/mol. The molecule has 0 fully saturated rings. The molecule has 0 aliphatic carbocycles. The lowest BCUT2D eigenvalue weighted by molar-refractivity contribution is -0.891. The molecule has 0 heterocycles. The minimum atomic E-state index is -1.15. The van der Waals surface area contributed by atoms with Crippen LogP contribution in [0.25, 0.3) is 0 Å². The molecule has 0 unspecified atom stereocenters. The first kappa shape index (κ1) is 13.9. The summed E-state index contributed by atoms with van der Waals surface area (Å²) in [5, 5.41) is 17.5. The van der Waals surface area contributed by atoms with Crippen LogP contribution >= 0.6 is 0 Å². The van der Waals surface area contributed by atoms with E-state index in [-0.39, 0.29) is 0 Å². The third kappa shape index (κ3) is 8.48. The van der Waals surface area contributed by atoms with Crippen LogP contribution in [0.1, 0.15) is 39.0 Å². The molecule has 0 radical (unpaired) electrons. The first-order valence-electron chi connectivity index (χ1n) is 5.66. The number of aliphatic hydroxyl groups excluding tert-OH is 1. The summed E-state index contributed by atoms with van der Waals surface area (Å²) in [6, 6.07) is 0. The first-order valence-corrected chi connectivity index (χ1v) is 5.66. The minimum Gasteiger partial charge on any atom is -0.368 e. The Kier molecular flexibility index (Phi) is 7.15. The molecule has 2 N–H and O–H groups in total. The van der Waals surface area contributed by atoms with Gasteiger partial charge in [-0.15, -0.1) is 0 Å². The lowest BCUT2D eigenvalue weighted by Gasteiger charge is -2.30. The monoisotopic (exact) mass is 204 g/mol. The topological polar surface area (TPSA) is 40.5 Å². The Morgan fingerprint density at radius 2 is 1.64 bits per heavy atom. The molecule has 0 rings (SSSR count). The van der Waals surface area contributed by atoms with E-state index in [1.54, 1.807) is 0 Å². The molecule has 0 bridgehead atoms. The van der Waals surface area contributed by atoms with Crippen LogP contribution in [0, 0.1) is 0 Å². The van der Waals surface area contributed by atoms with E-state index in [9.17, 15) is 0 Å². The van der Waals surface area contributed by atoms with Crippen molar-refractivity contribution >= 4 is 0 Å². The number of aliphatic hydroxyl groups is 2. The molecule has 0 amide bonds. The molecule has 0 saturated carbocycles. The second-order valence-corrected chi connectivity index (χ2v) is 4.71. The van der Waals surface area contributed by atoms with Crippen molar-refractivity contribution in [3.8, 4) is 0 Å². The summed E-state index contributed by atoms with van der Waals surface area (Å²) in [4.78, 5) is 0. The lowest BCUT2D eigenvalue weighted by atomic mass is 10.2. The van der Waals surface area contributed by atoms with Crippen LogP contribution in [0.5, 0.6) is 0 Å². The van der Waals surface area contributed by atoms with Gasteiger partial charge in [0.1, 0.15) is 0 Å². The number of rotatable bonds is 8. The van der Waals surface area contributed by atoms with E-state index in [2.05, 4.69) is 21.0 Å². The third-order valence-electron chi connectivity index (χ3n) is 2.61. The van der Waals surface area contributed by atoms with Crippen molar-refractivity contribution in [2.24, 2.45) is 0 Å². The van der Waals surface area contributed by atoms with Gasteiger partial charge in [-0.3, -0.25) is 0 Å². The van der Waals surface area contributed by atoms with Crippen LogP contribution in [0.4, 0.5) is 0 Å². The summed E-state index contributed by atoms with van der Waals surface area (Å²) in [7, 11) is 4.29. The van der Waals surface area contributed by atoms with Gasteiger partial charge >= 0.3 is 0 Å². The van der Waals surface area contributed by atoms with Crippen molar-refractivity contribution in [1.82, 2.24) is 0 Å². The van der Waals surface area contributed by atoms with Crippen LogP contribution < -0.4 is 0 Å². The van der Waals surface area contributed by atoms with Crippen LogP contribution in [-0.4, -0.2) is 48.2 Å². The van der Waals surface area contributed by atoms with Crippen molar-refractivity contribution in [2.75, 3.05) is 27.2 Å². The number of unbranched alkanes of at least 4 members (excludes halogenated alkanes) is 3. The Balaban J connectivity index is 3.50. The summed E-state index contributed by atoms with van der Waals surface area (Å²) < 4.78 is 0.890. The van der Waals surface area contributed by atoms with Crippen molar-refractivity contribution in [3.63, 3.8) is 0 Å². The summed E-state index contributed by atoms with van der Waals surface area (Å²) >= 11 is 0. The van der Waals surface area contributed by atoms with Crippen molar-refractivity contribution in [1.29, 1.82) is 0 Å². The van der Waals surface area contributed by atoms with E-state index in [1.807, 2.05) is 0 Å². The summed E-state index contributed by atoms with van der Waals surface area (Å²) in [6.45, 7) is 4.18. The van der Waals surface area contributed by atoms with Crippen LogP contribution in [0.2, 0.25) is 0 Å². The molecular formula is C11H26NO2+. The second-order valence-electron chi connectivity index (χ2n) is 4.71. The first-order chi connectivity index (χ1) is 6.48. The number of hydrogen-bond acceptors (Lipinski definition) is 2. The number of hydrogen-bond donors (Lipinski definition) is 2. The standard InChI is InChI=1S/C11H26NO2/c1-4-5-6-7-9-12(2,3)10-8-11(13)14/h11,13-14H,4-10H2,1-3H3/q+1. The highest BCUT2D eigenvalue weighted by Crippen LogP contribution is 2.06. The van der Waals surface area contributed by atoms with Gasteiger partial charge in [-0.2, -0.15) is 0 Å². The number of quaternary nitrogens is 1. The zero-order chi connectivity index (χ0) is 11.0. The van der Waals surface area contributed by atoms with Crippen molar-refractivity contribution < 1.29 is 14.7 Å². The fraction of sp³-hybridized carbons (Fsp3) is 1.00. The Morgan fingerprint density at radius 1 is 1.00 bits per heavy atom. The average molecular weight is 204 g/mol. The molecule has 0 aromatic rings. The Morgan fingerprint density at radius 3 is 2.14 bits per heavy atom. The van der Waals surface area contributed by atoms with Crippen molar-refractivity contribution in [3.05, 3.63) is 0 Å². The Hall–Kier alpha value is -0.120. The highest BCUT2D eigenvalue weighted by molar-refractivity contribution is 4.43. The van der Waals surface area contributed by atoms with Gasteiger partial charge in [-0.05, 0) is 12.8 Å². The molecule has 3 heteroatoms. The lowest BCUT2D eigenvalue weighted by Crippen LogP contribution is -2.42. The third-order valence-corrected chi connectivity index (χ3v) is 2.61. The smallest absolute Gasteiger partial charge is 0.156 e. The molecule has 0 aliphatic rings. The molecule has 0 spiro atoms. The van der Waals surface area contributed by atoms with Gasteiger partial charge in [-0.1, -0.05) is 19.8 Å². The predicted octanol–water partition coefficient (Wildman–Crippen LogP) is 1.34. The summed E-state index contributed by atoms with van der Waals surface area (Å²) in [5.41, 5.74) is 0. The predicted molar refractivity (Wildman–Crippen MR) is 58.8 cm³/mol. The fourth-order valence-corrected chi connectivity index (χ4v) is 1.54. The van der Waals surface area contributed by atoms with E-state index >= 15 is 0 Å². The normalized spacial score (nSPS) is 12.4. The van der Waals surface area contributed by atoms with Crippen LogP contribution in [0.3, 0.4) is 0 Å². The van der Waals surface area contributed by atoms with Crippen LogP contribution in [-0.2, 0) is 0 Å². The fourth-order valence-electron chi connectivity index (χ4n) is 1.54. The van der Waals surface area contributed by atoms with Gasteiger partial charge < -0.3 is 14.7 Å². The van der Waals surface area contributed by atoms with E-state index in [0.717, 1.165) is 17.6 Å². The van der Waals surface area contributed by atoms with Gasteiger partial charge in [-0.25, -0.2) is 0 Å². The maximum atomic E-state index is 8.77. The molecule has 0 atom stereocenters. The van der Waals surface area contributed by atoms with Gasteiger partial charge in [0.05, 0.1) is 27.2 Å². The molecule has 0 aromatic heterocycles. The van der Waals surface area contributed by atoms with E-state index in [4.69, 9.17) is 10.2 Å². The second kappa shape index (κ2) is 7.21. The summed E-state index contributed by atoms with van der Waals surface area (Å²) in [5.74, 6) is 0. The zero-order valence-corrected chi connectivity index (χ0v) is 9.87. The average Bonchev–Trinajstić information content (AvgIpc) is 2.10. The number of nitrogens with zero attached hydrogens (tertiary/aromatic N) is 1.